The van der Waals surface area contributed by atoms with Gasteiger partial charge in [0.1, 0.15) is 0 Å². The van der Waals surface area contributed by atoms with Gasteiger partial charge in [0, 0.05) is 17.1 Å². The van der Waals surface area contributed by atoms with Crippen LogP contribution in [0, 0.1) is 0 Å². The number of hydrogen-bond donors (Lipinski definition) is 3. The SMILES string of the molecule is C1=CC(Nc2nc(Nc3ccccc3)nc(Nc3ccccc3)n2)=CCC1. The zero-order chi connectivity index (χ0) is 18.3. The van der Waals surface area contributed by atoms with Gasteiger partial charge in [0.05, 0.1) is 0 Å². The molecule has 0 unspecified atom stereocenters. The Morgan fingerprint density at radius 2 is 1.11 bits per heavy atom. The van der Waals surface area contributed by atoms with Gasteiger partial charge >= 0.3 is 0 Å². The van der Waals surface area contributed by atoms with E-state index in [2.05, 4.69) is 43.1 Å². The second kappa shape index (κ2) is 8.14. The maximum atomic E-state index is 4.51. The van der Waals surface area contributed by atoms with Gasteiger partial charge in [-0.3, -0.25) is 0 Å². The van der Waals surface area contributed by atoms with E-state index in [-0.39, 0.29) is 0 Å². The Balaban J connectivity index is 1.62. The van der Waals surface area contributed by atoms with Gasteiger partial charge in [0.15, 0.2) is 0 Å². The first-order chi connectivity index (χ1) is 13.3. The molecule has 3 N–H and O–H groups in total. The molecule has 0 aliphatic heterocycles. The molecular weight excluding hydrogens is 336 g/mol. The summed E-state index contributed by atoms with van der Waals surface area (Å²) < 4.78 is 0. The van der Waals surface area contributed by atoms with Crippen molar-refractivity contribution in [2.24, 2.45) is 0 Å². The Bertz CT molecular complexity index is 891. The number of benzene rings is 2. The molecule has 1 aliphatic carbocycles. The van der Waals surface area contributed by atoms with Crippen molar-refractivity contribution >= 4 is 29.2 Å². The predicted octanol–water partition coefficient (Wildman–Crippen LogP) is 5.00. The Hall–Kier alpha value is -3.67. The van der Waals surface area contributed by atoms with E-state index in [0.29, 0.717) is 17.8 Å². The molecule has 0 atom stereocenters. The third-order valence-electron chi connectivity index (χ3n) is 3.95. The van der Waals surface area contributed by atoms with Crippen LogP contribution in [0.4, 0.5) is 29.2 Å². The van der Waals surface area contributed by atoms with E-state index in [1.165, 1.54) is 0 Å². The summed E-state index contributed by atoms with van der Waals surface area (Å²) in [4.78, 5) is 13.5. The standard InChI is InChI=1S/C21H20N6/c1-4-10-16(11-5-1)22-19-25-20(23-17-12-6-2-7-13-17)27-21(26-19)24-18-14-8-3-9-15-18/h1-2,4-8,10-15H,3,9H2,(H3,22,23,24,25,26,27). The molecule has 4 rings (SSSR count). The molecule has 27 heavy (non-hydrogen) atoms. The maximum absolute atomic E-state index is 4.51. The highest BCUT2D eigenvalue weighted by molar-refractivity contribution is 5.59. The molecule has 6 heteroatoms. The van der Waals surface area contributed by atoms with E-state index < -0.39 is 0 Å². The second-order valence-corrected chi connectivity index (χ2v) is 6.05. The fourth-order valence-electron chi connectivity index (χ4n) is 2.68. The molecule has 3 aromatic rings. The van der Waals surface area contributed by atoms with Gasteiger partial charge in [-0.2, -0.15) is 15.0 Å². The van der Waals surface area contributed by atoms with Gasteiger partial charge in [-0.25, -0.2) is 0 Å². The molecule has 0 saturated heterocycles. The van der Waals surface area contributed by atoms with Gasteiger partial charge in [-0.1, -0.05) is 48.6 Å². The summed E-state index contributed by atoms with van der Waals surface area (Å²) in [5.41, 5.74) is 2.82. The quantitative estimate of drug-likeness (QED) is 0.577. The highest BCUT2D eigenvalue weighted by Crippen LogP contribution is 2.20. The number of hydrogen-bond acceptors (Lipinski definition) is 6. The van der Waals surface area contributed by atoms with Gasteiger partial charge in [0.2, 0.25) is 17.8 Å². The lowest BCUT2D eigenvalue weighted by Gasteiger charge is -2.13. The average Bonchev–Trinajstić information content (AvgIpc) is 2.70. The van der Waals surface area contributed by atoms with Crippen LogP contribution >= 0.6 is 0 Å². The predicted molar refractivity (Wildman–Crippen MR) is 109 cm³/mol. The summed E-state index contributed by atoms with van der Waals surface area (Å²) in [6.45, 7) is 0. The van der Waals surface area contributed by atoms with Crippen LogP contribution in [0.2, 0.25) is 0 Å². The minimum atomic E-state index is 0.470. The van der Waals surface area contributed by atoms with Crippen molar-refractivity contribution in [3.05, 3.63) is 84.6 Å². The molecular formula is C21H20N6. The molecule has 1 heterocycles. The Kier molecular flexibility index (Phi) is 5.06. The number of aromatic nitrogens is 3. The van der Waals surface area contributed by atoms with Crippen LogP contribution in [0.5, 0.6) is 0 Å². The third-order valence-corrected chi connectivity index (χ3v) is 3.95. The number of nitrogens with zero attached hydrogens (tertiary/aromatic N) is 3. The van der Waals surface area contributed by atoms with Crippen LogP contribution in [-0.2, 0) is 0 Å². The second-order valence-electron chi connectivity index (χ2n) is 6.05. The number of anilines is 5. The lowest BCUT2D eigenvalue weighted by Crippen LogP contribution is -2.09. The van der Waals surface area contributed by atoms with Crippen molar-refractivity contribution in [1.29, 1.82) is 0 Å². The smallest absolute Gasteiger partial charge is 0.233 e. The van der Waals surface area contributed by atoms with E-state index in [9.17, 15) is 0 Å². The van der Waals surface area contributed by atoms with Gasteiger partial charge in [-0.05, 0) is 43.2 Å². The normalized spacial score (nSPS) is 13.0. The molecule has 2 aromatic carbocycles. The van der Waals surface area contributed by atoms with E-state index in [1.54, 1.807) is 0 Å². The van der Waals surface area contributed by atoms with Crippen molar-refractivity contribution in [3.8, 4) is 0 Å². The lowest BCUT2D eigenvalue weighted by molar-refractivity contribution is 1.01. The van der Waals surface area contributed by atoms with Crippen molar-refractivity contribution in [3.63, 3.8) is 0 Å². The Morgan fingerprint density at radius 3 is 1.59 bits per heavy atom. The highest BCUT2D eigenvalue weighted by Gasteiger charge is 2.09. The number of nitrogens with one attached hydrogen (secondary N) is 3. The summed E-state index contributed by atoms with van der Waals surface area (Å²) in [7, 11) is 0. The fourth-order valence-corrected chi connectivity index (χ4v) is 2.68. The molecule has 0 bridgehead atoms. The summed E-state index contributed by atoms with van der Waals surface area (Å²) in [6.07, 6.45) is 8.38. The molecule has 0 spiro atoms. The minimum Gasteiger partial charge on any atom is -0.324 e. The first-order valence-corrected chi connectivity index (χ1v) is 8.89. The van der Waals surface area contributed by atoms with Crippen LogP contribution in [0.15, 0.2) is 84.6 Å². The van der Waals surface area contributed by atoms with E-state index in [0.717, 1.165) is 29.9 Å². The first kappa shape index (κ1) is 16.8. The Morgan fingerprint density at radius 1 is 0.593 bits per heavy atom. The monoisotopic (exact) mass is 356 g/mol. The third kappa shape index (κ3) is 4.70. The molecule has 0 fully saturated rings. The minimum absolute atomic E-state index is 0.470. The lowest BCUT2D eigenvalue weighted by atomic mass is 10.1. The van der Waals surface area contributed by atoms with E-state index in [1.807, 2.05) is 66.7 Å². The first-order valence-electron chi connectivity index (χ1n) is 8.89. The number of para-hydroxylation sites is 2. The number of rotatable bonds is 6. The van der Waals surface area contributed by atoms with Crippen molar-refractivity contribution in [2.75, 3.05) is 16.0 Å². The van der Waals surface area contributed by atoms with Gasteiger partial charge in [0.25, 0.3) is 0 Å². The zero-order valence-corrected chi connectivity index (χ0v) is 14.8. The summed E-state index contributed by atoms with van der Waals surface area (Å²) in [6, 6.07) is 19.6. The van der Waals surface area contributed by atoms with Gasteiger partial charge < -0.3 is 16.0 Å². The Labute approximate surface area is 158 Å². The molecule has 6 nitrogen and oxygen atoms in total. The van der Waals surface area contributed by atoms with Crippen LogP contribution < -0.4 is 16.0 Å². The van der Waals surface area contributed by atoms with Crippen molar-refractivity contribution < 1.29 is 0 Å². The molecule has 0 amide bonds. The van der Waals surface area contributed by atoms with Crippen LogP contribution in [0.25, 0.3) is 0 Å². The van der Waals surface area contributed by atoms with Crippen LogP contribution in [-0.4, -0.2) is 15.0 Å². The molecule has 0 radical (unpaired) electrons. The number of allylic oxidation sites excluding steroid dienone is 3. The summed E-state index contributed by atoms with van der Waals surface area (Å²) >= 11 is 0. The highest BCUT2D eigenvalue weighted by atomic mass is 15.3. The van der Waals surface area contributed by atoms with Crippen molar-refractivity contribution in [1.82, 2.24) is 15.0 Å². The zero-order valence-electron chi connectivity index (χ0n) is 14.8. The van der Waals surface area contributed by atoms with E-state index in [4.69, 9.17) is 0 Å². The molecule has 1 aromatic heterocycles. The topological polar surface area (TPSA) is 74.8 Å². The average molecular weight is 356 g/mol. The fraction of sp³-hybridized carbons (Fsp3) is 0.0952. The van der Waals surface area contributed by atoms with Crippen molar-refractivity contribution in [2.45, 2.75) is 12.8 Å². The largest absolute Gasteiger partial charge is 0.324 e. The summed E-state index contributed by atoms with van der Waals surface area (Å²) in [5.74, 6) is 1.43. The van der Waals surface area contributed by atoms with Gasteiger partial charge in [-0.15, -0.1) is 0 Å². The molecule has 0 saturated carbocycles. The van der Waals surface area contributed by atoms with E-state index >= 15 is 0 Å². The maximum Gasteiger partial charge on any atom is 0.233 e. The summed E-state index contributed by atoms with van der Waals surface area (Å²) in [5, 5.41) is 9.72. The molecule has 134 valence electrons. The molecule has 1 aliphatic rings. The van der Waals surface area contributed by atoms with Crippen LogP contribution in [0.1, 0.15) is 12.8 Å². The van der Waals surface area contributed by atoms with Crippen LogP contribution in [0.3, 0.4) is 0 Å².